The van der Waals surface area contributed by atoms with Crippen LogP contribution in [-0.2, 0) is 6.42 Å². The molecule has 1 aromatic rings. The molecule has 1 fully saturated rings. The molecule has 1 N–H and O–H groups in total. The van der Waals surface area contributed by atoms with Crippen LogP contribution in [0.4, 0.5) is 0 Å². The van der Waals surface area contributed by atoms with Gasteiger partial charge in [-0.15, -0.1) is 0 Å². The molecular weight excluding hydrogens is 184 g/mol. The highest BCUT2D eigenvalue weighted by Crippen LogP contribution is 2.40. The molecule has 0 atom stereocenters. The van der Waals surface area contributed by atoms with E-state index in [1.807, 2.05) is 0 Å². The van der Waals surface area contributed by atoms with E-state index in [4.69, 9.17) is 0 Å². The van der Waals surface area contributed by atoms with Crippen molar-refractivity contribution >= 4 is 0 Å². The van der Waals surface area contributed by atoms with Crippen LogP contribution in [0.5, 0.6) is 0 Å². The quantitative estimate of drug-likeness (QED) is 0.799. The predicted molar refractivity (Wildman–Crippen MR) is 63.0 cm³/mol. The number of benzene rings is 1. The highest BCUT2D eigenvalue weighted by molar-refractivity contribution is 5.28. The van der Waals surface area contributed by atoms with Gasteiger partial charge in [0.05, 0.1) is 0 Å². The Hall–Kier alpha value is -0.820. The molecule has 0 spiro atoms. The predicted octanol–water partition coefficient (Wildman–Crippen LogP) is 3.13. The number of hydrogen-bond donors (Lipinski definition) is 1. The van der Waals surface area contributed by atoms with Gasteiger partial charge in [0, 0.05) is 6.61 Å². The van der Waals surface area contributed by atoms with Crippen molar-refractivity contribution in [3.05, 3.63) is 35.4 Å². The fraction of sp³-hybridized carbons (Fsp3) is 0.571. The molecule has 0 unspecified atom stereocenters. The standard InChI is InChI=1S/C14H20O/c1-14(2,10-15)9-11-3-5-12(6-4-11)13-7-8-13/h3-6,13,15H,7-10H2,1-2H3. The van der Waals surface area contributed by atoms with Crippen LogP contribution in [0, 0.1) is 5.41 Å². The molecule has 1 aliphatic rings. The molecule has 82 valence electrons. The van der Waals surface area contributed by atoms with Gasteiger partial charge < -0.3 is 5.11 Å². The van der Waals surface area contributed by atoms with Gasteiger partial charge in [0.15, 0.2) is 0 Å². The monoisotopic (exact) mass is 204 g/mol. The molecular formula is C14H20O. The summed E-state index contributed by atoms with van der Waals surface area (Å²) in [6.07, 6.45) is 3.68. The van der Waals surface area contributed by atoms with E-state index in [1.165, 1.54) is 24.0 Å². The molecule has 15 heavy (non-hydrogen) atoms. The molecule has 0 aliphatic heterocycles. The number of rotatable bonds is 4. The molecule has 1 aliphatic carbocycles. The normalized spacial score (nSPS) is 16.7. The van der Waals surface area contributed by atoms with Crippen LogP contribution in [0.1, 0.15) is 43.7 Å². The second-order valence-corrected chi connectivity index (χ2v) is 5.51. The summed E-state index contributed by atoms with van der Waals surface area (Å²) in [4.78, 5) is 0. The number of aliphatic hydroxyl groups is 1. The minimum atomic E-state index is 0.00109. The van der Waals surface area contributed by atoms with Crippen LogP contribution in [0.25, 0.3) is 0 Å². The van der Waals surface area contributed by atoms with Crippen LogP contribution in [-0.4, -0.2) is 11.7 Å². The van der Waals surface area contributed by atoms with E-state index in [1.54, 1.807) is 0 Å². The summed E-state index contributed by atoms with van der Waals surface area (Å²) in [6.45, 7) is 4.45. The van der Waals surface area contributed by atoms with Crippen LogP contribution >= 0.6 is 0 Å². The smallest absolute Gasteiger partial charge is 0.0485 e. The first kappa shape index (κ1) is 10.7. The maximum Gasteiger partial charge on any atom is 0.0485 e. The van der Waals surface area contributed by atoms with Crippen LogP contribution in [0.2, 0.25) is 0 Å². The topological polar surface area (TPSA) is 20.2 Å². The van der Waals surface area contributed by atoms with Crippen molar-refractivity contribution in [1.29, 1.82) is 0 Å². The second kappa shape index (κ2) is 3.97. The van der Waals surface area contributed by atoms with Gasteiger partial charge in [0.1, 0.15) is 0 Å². The lowest BCUT2D eigenvalue weighted by Crippen LogP contribution is -2.19. The maximum absolute atomic E-state index is 9.21. The zero-order valence-electron chi connectivity index (χ0n) is 9.66. The van der Waals surface area contributed by atoms with Gasteiger partial charge >= 0.3 is 0 Å². The summed E-state index contributed by atoms with van der Waals surface area (Å²) in [5, 5.41) is 9.21. The van der Waals surface area contributed by atoms with Gasteiger partial charge in [-0.1, -0.05) is 38.1 Å². The highest BCUT2D eigenvalue weighted by atomic mass is 16.3. The van der Waals surface area contributed by atoms with Crippen LogP contribution in [0.3, 0.4) is 0 Å². The third-order valence-electron chi connectivity index (χ3n) is 3.14. The lowest BCUT2D eigenvalue weighted by molar-refractivity contribution is 0.159. The van der Waals surface area contributed by atoms with Crippen molar-refractivity contribution in [1.82, 2.24) is 0 Å². The molecule has 0 bridgehead atoms. The zero-order chi connectivity index (χ0) is 10.9. The number of aliphatic hydroxyl groups excluding tert-OH is 1. The summed E-state index contributed by atoms with van der Waals surface area (Å²) in [5.41, 5.74) is 2.82. The Balaban J connectivity index is 2.03. The first-order valence-corrected chi connectivity index (χ1v) is 5.80. The molecule has 0 aromatic heterocycles. The summed E-state index contributed by atoms with van der Waals surface area (Å²) in [6, 6.07) is 8.93. The van der Waals surface area contributed by atoms with Crippen LogP contribution in [0.15, 0.2) is 24.3 Å². The van der Waals surface area contributed by atoms with Crippen LogP contribution < -0.4 is 0 Å². The summed E-state index contributed by atoms with van der Waals surface area (Å²) >= 11 is 0. The Morgan fingerprint density at radius 1 is 1.20 bits per heavy atom. The Morgan fingerprint density at radius 2 is 1.80 bits per heavy atom. The average molecular weight is 204 g/mol. The molecule has 0 heterocycles. The fourth-order valence-electron chi connectivity index (χ4n) is 1.93. The zero-order valence-corrected chi connectivity index (χ0v) is 9.66. The molecule has 1 nitrogen and oxygen atoms in total. The third-order valence-corrected chi connectivity index (χ3v) is 3.14. The van der Waals surface area contributed by atoms with E-state index in [-0.39, 0.29) is 12.0 Å². The Bertz CT molecular complexity index is 320. The Morgan fingerprint density at radius 3 is 2.27 bits per heavy atom. The first-order valence-electron chi connectivity index (χ1n) is 5.80. The van der Waals surface area contributed by atoms with Crippen molar-refractivity contribution in [2.75, 3.05) is 6.61 Å². The molecule has 0 amide bonds. The molecule has 1 heteroatoms. The SMILES string of the molecule is CC(C)(CO)Cc1ccc(C2CC2)cc1. The minimum absolute atomic E-state index is 0.00109. The van der Waals surface area contributed by atoms with E-state index in [9.17, 15) is 5.11 Å². The summed E-state index contributed by atoms with van der Waals surface area (Å²) in [5.74, 6) is 0.838. The van der Waals surface area contributed by atoms with Crippen molar-refractivity contribution in [2.24, 2.45) is 5.41 Å². The maximum atomic E-state index is 9.21. The third kappa shape index (κ3) is 2.82. The number of hydrogen-bond acceptors (Lipinski definition) is 1. The Labute approximate surface area is 92.1 Å². The average Bonchev–Trinajstić information content (AvgIpc) is 3.02. The Kier molecular flexibility index (Phi) is 2.83. The highest BCUT2D eigenvalue weighted by Gasteiger charge is 2.23. The minimum Gasteiger partial charge on any atom is -0.396 e. The van der Waals surface area contributed by atoms with Crippen molar-refractivity contribution in [2.45, 2.75) is 39.0 Å². The molecule has 0 saturated heterocycles. The summed E-state index contributed by atoms with van der Waals surface area (Å²) < 4.78 is 0. The van der Waals surface area contributed by atoms with E-state index < -0.39 is 0 Å². The molecule has 1 aromatic carbocycles. The van der Waals surface area contributed by atoms with Gasteiger partial charge in [-0.3, -0.25) is 0 Å². The first-order chi connectivity index (χ1) is 7.11. The molecule has 1 saturated carbocycles. The van der Waals surface area contributed by atoms with E-state index in [2.05, 4.69) is 38.1 Å². The second-order valence-electron chi connectivity index (χ2n) is 5.51. The molecule has 2 rings (SSSR count). The lowest BCUT2D eigenvalue weighted by atomic mass is 9.86. The fourth-order valence-corrected chi connectivity index (χ4v) is 1.93. The van der Waals surface area contributed by atoms with Gasteiger partial charge in [-0.2, -0.15) is 0 Å². The largest absolute Gasteiger partial charge is 0.396 e. The van der Waals surface area contributed by atoms with Crippen molar-refractivity contribution in [3.63, 3.8) is 0 Å². The van der Waals surface area contributed by atoms with E-state index >= 15 is 0 Å². The van der Waals surface area contributed by atoms with Gasteiger partial charge in [0.25, 0.3) is 0 Å². The van der Waals surface area contributed by atoms with Gasteiger partial charge in [-0.05, 0) is 41.7 Å². The van der Waals surface area contributed by atoms with Crippen molar-refractivity contribution < 1.29 is 5.11 Å². The van der Waals surface area contributed by atoms with Crippen molar-refractivity contribution in [3.8, 4) is 0 Å². The van der Waals surface area contributed by atoms with E-state index in [0.29, 0.717) is 0 Å². The summed E-state index contributed by atoms with van der Waals surface area (Å²) in [7, 11) is 0. The van der Waals surface area contributed by atoms with Gasteiger partial charge in [-0.25, -0.2) is 0 Å². The van der Waals surface area contributed by atoms with E-state index in [0.717, 1.165) is 12.3 Å². The molecule has 0 radical (unpaired) electrons. The lowest BCUT2D eigenvalue weighted by Gasteiger charge is -2.21. The van der Waals surface area contributed by atoms with Gasteiger partial charge in [0.2, 0.25) is 0 Å².